The first-order chi connectivity index (χ1) is 10.2. The third kappa shape index (κ3) is 3.08. The van der Waals surface area contributed by atoms with E-state index in [4.69, 9.17) is 44.3 Å². The van der Waals surface area contributed by atoms with Gasteiger partial charge in [-0.05, 0) is 23.3 Å². The van der Waals surface area contributed by atoms with E-state index in [-0.39, 0.29) is 0 Å². The van der Waals surface area contributed by atoms with Crippen molar-refractivity contribution < 1.29 is 9.47 Å². The molecule has 1 aliphatic heterocycles. The van der Waals surface area contributed by atoms with E-state index >= 15 is 0 Å². The summed E-state index contributed by atoms with van der Waals surface area (Å²) >= 11 is 19.1. The minimum atomic E-state index is -0.441. The highest BCUT2D eigenvalue weighted by atomic mass is 35.5. The predicted octanol–water partition coefficient (Wildman–Crippen LogP) is 5.48. The van der Waals surface area contributed by atoms with Crippen LogP contribution in [0.4, 0.5) is 0 Å². The van der Waals surface area contributed by atoms with Gasteiger partial charge in [0.25, 0.3) is 0 Å². The zero-order valence-electron chi connectivity index (χ0n) is 11.1. The topological polar surface area (TPSA) is 18.5 Å². The molecular formula is C16H13Cl3O2. The summed E-state index contributed by atoms with van der Waals surface area (Å²) in [7, 11) is 0. The number of hydrogen-bond acceptors (Lipinski definition) is 2. The molecule has 110 valence electrons. The quantitative estimate of drug-likeness (QED) is 0.672. The molecule has 21 heavy (non-hydrogen) atoms. The van der Waals surface area contributed by atoms with Crippen molar-refractivity contribution in [3.8, 4) is 11.5 Å². The van der Waals surface area contributed by atoms with Gasteiger partial charge < -0.3 is 9.47 Å². The Hall–Kier alpha value is -1.09. The highest BCUT2D eigenvalue weighted by molar-refractivity contribution is 6.35. The molecule has 0 aromatic heterocycles. The fraction of sp³-hybridized carbons (Fsp3) is 0.250. The predicted molar refractivity (Wildman–Crippen MR) is 86.2 cm³/mol. The molecule has 0 bridgehead atoms. The summed E-state index contributed by atoms with van der Waals surface area (Å²) in [4.78, 5) is 0. The Labute approximate surface area is 138 Å². The van der Waals surface area contributed by atoms with Gasteiger partial charge >= 0.3 is 0 Å². The van der Waals surface area contributed by atoms with Crippen LogP contribution in [0.2, 0.25) is 10.0 Å². The molecule has 0 spiro atoms. The standard InChI is InChI=1S/C16H13Cl3O2/c17-12-5-2-1-4-10(12)16(19)11-8-14-15(9-13(11)18)21-7-3-6-20-14/h1-2,4-5,8-9,16H,3,6-7H2. The summed E-state index contributed by atoms with van der Waals surface area (Å²) in [6.45, 7) is 1.24. The van der Waals surface area contributed by atoms with E-state index in [0.717, 1.165) is 17.5 Å². The summed E-state index contributed by atoms with van der Waals surface area (Å²) in [5.41, 5.74) is 1.58. The normalized spacial score (nSPS) is 15.4. The van der Waals surface area contributed by atoms with E-state index in [1.54, 1.807) is 6.07 Å². The average Bonchev–Trinajstić information content (AvgIpc) is 2.71. The van der Waals surface area contributed by atoms with Crippen molar-refractivity contribution in [2.45, 2.75) is 11.8 Å². The molecular weight excluding hydrogens is 331 g/mol. The number of fused-ring (bicyclic) bond motifs is 1. The second-order valence-electron chi connectivity index (χ2n) is 4.76. The van der Waals surface area contributed by atoms with E-state index in [0.29, 0.717) is 34.8 Å². The Kier molecular flexibility index (Phi) is 4.48. The highest BCUT2D eigenvalue weighted by Crippen LogP contribution is 2.42. The van der Waals surface area contributed by atoms with Crippen LogP contribution in [-0.2, 0) is 0 Å². The lowest BCUT2D eigenvalue weighted by Gasteiger charge is -2.16. The van der Waals surface area contributed by atoms with Crippen molar-refractivity contribution in [3.63, 3.8) is 0 Å². The molecule has 0 saturated carbocycles. The summed E-state index contributed by atoms with van der Waals surface area (Å²) < 4.78 is 11.3. The summed E-state index contributed by atoms with van der Waals surface area (Å²) in [6.07, 6.45) is 0.844. The molecule has 0 saturated heterocycles. The largest absolute Gasteiger partial charge is 0.490 e. The number of hydrogen-bond donors (Lipinski definition) is 0. The third-order valence-corrected chi connectivity index (χ3v) is 4.46. The van der Waals surface area contributed by atoms with E-state index in [1.807, 2.05) is 30.3 Å². The lowest BCUT2D eigenvalue weighted by molar-refractivity contribution is 0.297. The Morgan fingerprint density at radius 1 is 0.857 bits per heavy atom. The van der Waals surface area contributed by atoms with E-state index in [1.165, 1.54) is 0 Å². The number of benzene rings is 2. The first-order valence-corrected chi connectivity index (χ1v) is 7.83. The van der Waals surface area contributed by atoms with Gasteiger partial charge in [0, 0.05) is 22.5 Å². The van der Waals surface area contributed by atoms with Crippen molar-refractivity contribution in [1.82, 2.24) is 0 Å². The molecule has 0 radical (unpaired) electrons. The van der Waals surface area contributed by atoms with Crippen molar-refractivity contribution >= 4 is 34.8 Å². The summed E-state index contributed by atoms with van der Waals surface area (Å²) in [6, 6.07) is 11.1. The van der Waals surface area contributed by atoms with Crippen molar-refractivity contribution in [2.75, 3.05) is 13.2 Å². The van der Waals surface area contributed by atoms with Gasteiger partial charge in [0.2, 0.25) is 0 Å². The molecule has 0 fully saturated rings. The van der Waals surface area contributed by atoms with Crippen LogP contribution in [-0.4, -0.2) is 13.2 Å². The molecule has 2 aromatic rings. The maximum atomic E-state index is 6.56. The number of ether oxygens (including phenoxy) is 2. The van der Waals surface area contributed by atoms with Crippen LogP contribution >= 0.6 is 34.8 Å². The fourth-order valence-corrected chi connectivity index (χ4v) is 3.23. The molecule has 0 N–H and O–H groups in total. The molecule has 1 heterocycles. The Balaban J connectivity index is 2.02. The van der Waals surface area contributed by atoms with Gasteiger partial charge in [-0.1, -0.05) is 41.4 Å². The molecule has 5 heteroatoms. The van der Waals surface area contributed by atoms with E-state index in [9.17, 15) is 0 Å². The SMILES string of the molecule is Clc1ccccc1C(Cl)c1cc2c(cc1Cl)OCCCO2. The van der Waals surface area contributed by atoms with Crippen molar-refractivity contribution in [3.05, 3.63) is 57.6 Å². The van der Waals surface area contributed by atoms with Crippen molar-refractivity contribution in [1.29, 1.82) is 0 Å². The first kappa shape index (κ1) is 14.8. The van der Waals surface area contributed by atoms with Crippen LogP contribution in [0.15, 0.2) is 36.4 Å². The monoisotopic (exact) mass is 342 g/mol. The Morgan fingerprint density at radius 2 is 1.52 bits per heavy atom. The summed E-state index contributed by atoms with van der Waals surface area (Å²) in [5.74, 6) is 1.33. The molecule has 1 atom stereocenters. The maximum absolute atomic E-state index is 6.56. The lowest BCUT2D eigenvalue weighted by Crippen LogP contribution is -1.98. The van der Waals surface area contributed by atoms with Gasteiger partial charge in [-0.15, -0.1) is 11.6 Å². The minimum absolute atomic E-state index is 0.441. The molecule has 1 aliphatic rings. The van der Waals surface area contributed by atoms with Crippen LogP contribution in [0, 0.1) is 0 Å². The van der Waals surface area contributed by atoms with Gasteiger partial charge in [-0.25, -0.2) is 0 Å². The lowest BCUT2D eigenvalue weighted by atomic mass is 10.0. The van der Waals surface area contributed by atoms with E-state index in [2.05, 4.69) is 0 Å². The summed E-state index contributed by atoms with van der Waals surface area (Å²) in [5, 5.41) is 0.711. The molecule has 1 unspecified atom stereocenters. The minimum Gasteiger partial charge on any atom is -0.490 e. The van der Waals surface area contributed by atoms with E-state index < -0.39 is 5.38 Å². The number of rotatable bonds is 2. The third-order valence-electron chi connectivity index (χ3n) is 3.32. The Bertz CT molecular complexity index is 658. The van der Waals surface area contributed by atoms with Gasteiger partial charge in [-0.3, -0.25) is 0 Å². The zero-order chi connectivity index (χ0) is 14.8. The van der Waals surface area contributed by atoms with Crippen LogP contribution in [0.1, 0.15) is 22.9 Å². The second-order valence-corrected chi connectivity index (χ2v) is 6.01. The number of halogens is 3. The van der Waals surface area contributed by atoms with Gasteiger partial charge in [0.05, 0.1) is 18.6 Å². The number of alkyl halides is 1. The first-order valence-electron chi connectivity index (χ1n) is 6.64. The van der Waals surface area contributed by atoms with Crippen LogP contribution in [0.3, 0.4) is 0 Å². The van der Waals surface area contributed by atoms with Crippen molar-refractivity contribution in [2.24, 2.45) is 0 Å². The highest BCUT2D eigenvalue weighted by Gasteiger charge is 2.21. The average molecular weight is 344 g/mol. The molecule has 2 nitrogen and oxygen atoms in total. The second kappa shape index (κ2) is 6.35. The smallest absolute Gasteiger partial charge is 0.162 e. The van der Waals surface area contributed by atoms with Crippen LogP contribution in [0.5, 0.6) is 11.5 Å². The molecule has 3 rings (SSSR count). The fourth-order valence-electron chi connectivity index (χ4n) is 2.24. The molecule has 2 aromatic carbocycles. The van der Waals surface area contributed by atoms with Gasteiger partial charge in [0.15, 0.2) is 11.5 Å². The van der Waals surface area contributed by atoms with Crippen LogP contribution < -0.4 is 9.47 Å². The zero-order valence-corrected chi connectivity index (χ0v) is 13.4. The maximum Gasteiger partial charge on any atom is 0.162 e. The Morgan fingerprint density at radius 3 is 2.24 bits per heavy atom. The van der Waals surface area contributed by atoms with Gasteiger partial charge in [-0.2, -0.15) is 0 Å². The molecule has 0 amide bonds. The molecule has 0 aliphatic carbocycles. The van der Waals surface area contributed by atoms with Gasteiger partial charge in [0.1, 0.15) is 0 Å². The van der Waals surface area contributed by atoms with Crippen LogP contribution in [0.25, 0.3) is 0 Å².